The molecule has 0 atom stereocenters. The Balaban J connectivity index is 1.60. The van der Waals surface area contributed by atoms with E-state index >= 15 is 0 Å². The van der Waals surface area contributed by atoms with Crippen LogP contribution in [0.2, 0.25) is 0 Å². The van der Waals surface area contributed by atoms with Crippen molar-refractivity contribution in [2.45, 2.75) is 6.42 Å². The van der Waals surface area contributed by atoms with Crippen LogP contribution in [0.25, 0.3) is 11.0 Å². The Labute approximate surface area is 162 Å². The number of rotatable bonds is 7. The van der Waals surface area contributed by atoms with Crippen molar-refractivity contribution in [2.24, 2.45) is 0 Å². The first-order valence-electron chi connectivity index (χ1n) is 8.72. The van der Waals surface area contributed by atoms with E-state index < -0.39 is 0 Å². The van der Waals surface area contributed by atoms with Crippen molar-refractivity contribution in [3.63, 3.8) is 0 Å². The number of hydrogen-bond donors (Lipinski definition) is 1. The van der Waals surface area contributed by atoms with Gasteiger partial charge in [-0.15, -0.1) is 0 Å². The lowest BCUT2D eigenvalue weighted by atomic mass is 10.1. The molecule has 146 valence electrons. The lowest BCUT2D eigenvalue weighted by molar-refractivity contribution is -0.132. The normalized spacial score (nSPS) is 10.5. The van der Waals surface area contributed by atoms with Gasteiger partial charge in [0.1, 0.15) is 17.1 Å². The van der Waals surface area contributed by atoms with E-state index in [1.807, 2.05) is 12.1 Å². The fourth-order valence-electron chi connectivity index (χ4n) is 2.83. The summed E-state index contributed by atoms with van der Waals surface area (Å²) in [6, 6.07) is 12.5. The molecule has 0 unspecified atom stereocenters. The van der Waals surface area contributed by atoms with Crippen molar-refractivity contribution in [1.29, 1.82) is 0 Å². The van der Waals surface area contributed by atoms with Crippen LogP contribution in [-0.4, -0.2) is 44.5 Å². The van der Waals surface area contributed by atoms with Crippen molar-refractivity contribution < 1.29 is 23.5 Å². The van der Waals surface area contributed by atoms with Crippen LogP contribution in [-0.2, 0) is 16.0 Å². The topological polar surface area (TPSA) is 81.0 Å². The third-order valence-corrected chi connectivity index (χ3v) is 4.36. The van der Waals surface area contributed by atoms with Gasteiger partial charge in [-0.1, -0.05) is 6.07 Å². The summed E-state index contributed by atoms with van der Waals surface area (Å²) in [5.41, 5.74) is 2.03. The second-order valence-electron chi connectivity index (χ2n) is 6.33. The summed E-state index contributed by atoms with van der Waals surface area (Å²) in [6.07, 6.45) is 1.70. The fourth-order valence-corrected chi connectivity index (χ4v) is 2.83. The van der Waals surface area contributed by atoms with Crippen molar-refractivity contribution >= 4 is 28.5 Å². The van der Waals surface area contributed by atoms with E-state index in [0.717, 1.165) is 10.9 Å². The SMILES string of the molecule is COc1cccc(NC(=O)CN(C)C(=O)Cc2coc3cc(OC)ccc23)c1. The number of likely N-dealkylation sites (N-methyl/N-ethyl adjacent to an activating group) is 1. The highest BCUT2D eigenvalue weighted by atomic mass is 16.5. The number of fused-ring (bicyclic) bond motifs is 1. The van der Waals surface area contributed by atoms with E-state index in [4.69, 9.17) is 13.9 Å². The van der Waals surface area contributed by atoms with Gasteiger partial charge in [-0.2, -0.15) is 0 Å². The van der Waals surface area contributed by atoms with Gasteiger partial charge in [-0.05, 0) is 24.3 Å². The number of nitrogens with one attached hydrogen (secondary N) is 1. The Morgan fingerprint density at radius 2 is 1.82 bits per heavy atom. The molecule has 7 nitrogen and oxygen atoms in total. The quantitative estimate of drug-likeness (QED) is 0.679. The first-order chi connectivity index (χ1) is 13.5. The van der Waals surface area contributed by atoms with Gasteiger partial charge in [0.25, 0.3) is 0 Å². The summed E-state index contributed by atoms with van der Waals surface area (Å²) in [5.74, 6) is 0.863. The molecule has 0 radical (unpaired) electrons. The zero-order valence-corrected chi connectivity index (χ0v) is 16.0. The number of carbonyl (C=O) groups excluding carboxylic acids is 2. The van der Waals surface area contributed by atoms with Gasteiger partial charge in [0.2, 0.25) is 11.8 Å². The number of anilines is 1. The predicted octanol–water partition coefficient (Wildman–Crippen LogP) is 3.09. The molecule has 28 heavy (non-hydrogen) atoms. The number of benzene rings is 2. The van der Waals surface area contributed by atoms with Crippen molar-refractivity contribution in [3.05, 3.63) is 54.3 Å². The summed E-state index contributed by atoms with van der Waals surface area (Å²) in [6.45, 7) is -0.0559. The highest BCUT2D eigenvalue weighted by molar-refractivity contribution is 5.95. The molecule has 0 aliphatic rings. The van der Waals surface area contributed by atoms with Gasteiger partial charge >= 0.3 is 0 Å². The Morgan fingerprint density at radius 1 is 1.07 bits per heavy atom. The highest BCUT2D eigenvalue weighted by Crippen LogP contribution is 2.26. The van der Waals surface area contributed by atoms with E-state index in [1.165, 1.54) is 4.90 Å². The molecule has 1 aromatic heterocycles. The van der Waals surface area contributed by atoms with E-state index in [-0.39, 0.29) is 24.8 Å². The molecule has 0 saturated carbocycles. The number of carbonyl (C=O) groups is 2. The molecule has 3 aromatic rings. The standard InChI is InChI=1S/C21H22N2O5/c1-23(12-20(24)22-15-5-4-6-16(10-15)26-2)21(25)9-14-13-28-19-11-17(27-3)7-8-18(14)19/h4-8,10-11,13H,9,12H2,1-3H3,(H,22,24). The van der Waals surface area contributed by atoms with Crippen molar-refractivity contribution in [2.75, 3.05) is 33.1 Å². The Hall–Kier alpha value is -3.48. The average molecular weight is 382 g/mol. The van der Waals surface area contributed by atoms with Gasteiger partial charge in [0.05, 0.1) is 33.4 Å². The van der Waals surface area contributed by atoms with Crippen LogP contribution < -0.4 is 14.8 Å². The van der Waals surface area contributed by atoms with Gasteiger partial charge in [-0.3, -0.25) is 9.59 Å². The molecule has 0 aliphatic carbocycles. The summed E-state index contributed by atoms with van der Waals surface area (Å²) in [7, 11) is 4.74. The maximum Gasteiger partial charge on any atom is 0.243 e. The summed E-state index contributed by atoms with van der Waals surface area (Å²) < 4.78 is 15.8. The number of furan rings is 1. The summed E-state index contributed by atoms with van der Waals surface area (Å²) >= 11 is 0. The molecular formula is C21H22N2O5. The number of hydrogen-bond acceptors (Lipinski definition) is 5. The predicted molar refractivity (Wildman–Crippen MR) is 106 cm³/mol. The van der Waals surface area contributed by atoms with Crippen LogP contribution in [0, 0.1) is 0 Å². The summed E-state index contributed by atoms with van der Waals surface area (Å²) in [5, 5.41) is 3.61. The van der Waals surface area contributed by atoms with E-state index in [9.17, 15) is 9.59 Å². The monoisotopic (exact) mass is 382 g/mol. The lowest BCUT2D eigenvalue weighted by Gasteiger charge is -2.16. The number of ether oxygens (including phenoxy) is 2. The number of amides is 2. The molecule has 1 N–H and O–H groups in total. The van der Waals surface area contributed by atoms with Crippen molar-refractivity contribution in [3.8, 4) is 11.5 Å². The molecular weight excluding hydrogens is 360 g/mol. The third kappa shape index (κ3) is 4.43. The maximum absolute atomic E-state index is 12.5. The van der Waals surface area contributed by atoms with Gasteiger partial charge in [-0.25, -0.2) is 0 Å². The largest absolute Gasteiger partial charge is 0.497 e. The molecule has 7 heteroatoms. The first kappa shape index (κ1) is 19.3. The molecule has 0 saturated heterocycles. The van der Waals surface area contributed by atoms with Crippen LogP contribution in [0.4, 0.5) is 5.69 Å². The molecule has 1 heterocycles. The van der Waals surface area contributed by atoms with Gasteiger partial charge in [0, 0.05) is 35.8 Å². The van der Waals surface area contributed by atoms with Crippen molar-refractivity contribution in [1.82, 2.24) is 4.90 Å². The second-order valence-corrected chi connectivity index (χ2v) is 6.33. The second kappa shape index (κ2) is 8.47. The lowest BCUT2D eigenvalue weighted by Crippen LogP contribution is -2.35. The number of methoxy groups -OCH3 is 2. The molecule has 3 rings (SSSR count). The highest BCUT2D eigenvalue weighted by Gasteiger charge is 2.17. The minimum absolute atomic E-state index is 0.0559. The minimum Gasteiger partial charge on any atom is -0.497 e. The summed E-state index contributed by atoms with van der Waals surface area (Å²) in [4.78, 5) is 26.1. The smallest absolute Gasteiger partial charge is 0.243 e. The van der Waals surface area contributed by atoms with Crippen LogP contribution >= 0.6 is 0 Å². The van der Waals surface area contributed by atoms with Crippen LogP contribution in [0.1, 0.15) is 5.56 Å². The molecule has 2 aromatic carbocycles. The zero-order valence-electron chi connectivity index (χ0n) is 16.0. The Kier molecular flexibility index (Phi) is 5.84. The third-order valence-electron chi connectivity index (χ3n) is 4.36. The zero-order chi connectivity index (χ0) is 20.1. The molecule has 2 amide bonds. The first-order valence-corrected chi connectivity index (χ1v) is 8.72. The molecule has 0 aliphatic heterocycles. The Bertz CT molecular complexity index is 995. The molecule has 0 spiro atoms. The van der Waals surface area contributed by atoms with E-state index in [1.54, 1.807) is 57.9 Å². The van der Waals surface area contributed by atoms with Crippen LogP contribution in [0.5, 0.6) is 11.5 Å². The van der Waals surface area contributed by atoms with Gasteiger partial charge < -0.3 is 24.1 Å². The van der Waals surface area contributed by atoms with Crippen LogP contribution in [0.3, 0.4) is 0 Å². The van der Waals surface area contributed by atoms with E-state index in [2.05, 4.69) is 5.32 Å². The molecule has 0 fully saturated rings. The molecule has 0 bridgehead atoms. The average Bonchev–Trinajstić information content (AvgIpc) is 3.09. The minimum atomic E-state index is -0.286. The van der Waals surface area contributed by atoms with Gasteiger partial charge in [0.15, 0.2) is 0 Å². The van der Waals surface area contributed by atoms with Crippen LogP contribution in [0.15, 0.2) is 53.1 Å². The fraction of sp³-hybridized carbons (Fsp3) is 0.238. The van der Waals surface area contributed by atoms with E-state index in [0.29, 0.717) is 22.8 Å². The Morgan fingerprint density at radius 3 is 2.57 bits per heavy atom. The maximum atomic E-state index is 12.5. The number of nitrogens with zero attached hydrogens (tertiary/aromatic N) is 1.